The number of hydrogen-bond donors (Lipinski definition) is 2. The van der Waals surface area contributed by atoms with E-state index in [1.807, 2.05) is 44.2 Å². The first-order chi connectivity index (χ1) is 20.1. The van der Waals surface area contributed by atoms with Crippen LogP contribution in [0.5, 0.6) is 5.75 Å². The molecule has 0 saturated carbocycles. The van der Waals surface area contributed by atoms with Gasteiger partial charge in [-0.1, -0.05) is 25.0 Å². The monoisotopic (exact) mass is 572 g/mol. The van der Waals surface area contributed by atoms with Gasteiger partial charge in [-0.3, -0.25) is 14.6 Å². The highest BCUT2D eigenvalue weighted by Gasteiger charge is 2.59. The fourth-order valence-corrected chi connectivity index (χ4v) is 6.96. The lowest BCUT2D eigenvalue weighted by Gasteiger charge is -2.43. The molecule has 0 bridgehead atoms. The third kappa shape index (κ3) is 5.53. The van der Waals surface area contributed by atoms with Gasteiger partial charge in [0.05, 0.1) is 30.7 Å². The Morgan fingerprint density at radius 1 is 1.19 bits per heavy atom. The number of amides is 3. The van der Waals surface area contributed by atoms with E-state index in [2.05, 4.69) is 18.0 Å². The Balaban J connectivity index is 1.49. The molecule has 1 aromatic heterocycles. The van der Waals surface area contributed by atoms with Crippen LogP contribution in [0.25, 0.3) is 11.6 Å². The fourth-order valence-electron chi connectivity index (χ4n) is 6.96. The maximum Gasteiger partial charge on any atom is 0.455 e. The molecule has 5 rings (SSSR count). The Labute approximate surface area is 246 Å². The number of carbonyl (C=O) groups excluding carboxylic acids is 3. The summed E-state index contributed by atoms with van der Waals surface area (Å²) in [6.45, 7) is 5.80. The van der Waals surface area contributed by atoms with E-state index in [4.69, 9.17) is 9.39 Å². The van der Waals surface area contributed by atoms with Gasteiger partial charge < -0.3 is 19.5 Å². The summed E-state index contributed by atoms with van der Waals surface area (Å²) in [7, 11) is 0.0452. The molecular formula is C32H37BN2O7. The van der Waals surface area contributed by atoms with Crippen molar-refractivity contribution < 1.29 is 33.9 Å². The number of aromatic hydroxyl groups is 1. The SMILES string of the molecule is CCCC1=C2[C@@H](CC/C(=C/c3cc(C)c(O)c(C)c3)c3ccccn3)OB(O)C[C@@H]2[C@@H]2C(=O)N(C(=O)OC)C(=O)[C@@H]2C1. The van der Waals surface area contributed by atoms with Crippen molar-refractivity contribution in [2.24, 2.45) is 17.8 Å². The number of allylic oxidation sites excluding steroid dienone is 2. The number of pyridine rings is 1. The van der Waals surface area contributed by atoms with Gasteiger partial charge in [0, 0.05) is 6.20 Å². The Kier molecular flexibility index (Phi) is 8.66. The molecule has 10 heteroatoms. The van der Waals surface area contributed by atoms with Crippen molar-refractivity contribution in [2.75, 3.05) is 7.11 Å². The molecule has 1 aliphatic carbocycles. The third-order valence-corrected chi connectivity index (χ3v) is 8.74. The average molecular weight is 572 g/mol. The zero-order valence-electron chi connectivity index (χ0n) is 24.5. The summed E-state index contributed by atoms with van der Waals surface area (Å²) in [6.07, 6.45) is 5.61. The minimum Gasteiger partial charge on any atom is -0.507 e. The third-order valence-electron chi connectivity index (χ3n) is 8.74. The zero-order chi connectivity index (χ0) is 30.1. The molecule has 2 aliphatic heterocycles. The van der Waals surface area contributed by atoms with Crippen LogP contribution < -0.4 is 0 Å². The predicted octanol–water partition coefficient (Wildman–Crippen LogP) is 5.09. The van der Waals surface area contributed by atoms with E-state index in [1.54, 1.807) is 6.20 Å². The first kappa shape index (κ1) is 29.7. The first-order valence-corrected chi connectivity index (χ1v) is 14.6. The molecule has 3 amide bonds. The molecule has 0 spiro atoms. The molecule has 2 aromatic rings. The number of fused-ring (bicyclic) bond motifs is 3. The lowest BCUT2D eigenvalue weighted by atomic mass is 9.58. The molecule has 42 heavy (non-hydrogen) atoms. The summed E-state index contributed by atoms with van der Waals surface area (Å²) in [6, 6.07) is 9.60. The van der Waals surface area contributed by atoms with Crippen molar-refractivity contribution in [3.05, 3.63) is 70.1 Å². The van der Waals surface area contributed by atoms with Crippen molar-refractivity contribution >= 4 is 36.7 Å². The molecule has 9 nitrogen and oxygen atoms in total. The number of phenolic OH excluding ortho intramolecular Hbond substituents is 1. The van der Waals surface area contributed by atoms with Gasteiger partial charge in [0.2, 0.25) is 11.8 Å². The van der Waals surface area contributed by atoms with Crippen LogP contribution in [0.2, 0.25) is 6.32 Å². The standard InChI is InChI=1S/C32H37BN2O7/c1-5-8-22-16-23-28(31(38)35(30(23)37)32(39)41-4)24-17-33(40)42-26(27(22)24)11-10-21(25-9-6-7-12-34-25)15-20-13-18(2)29(36)19(3)14-20/h6-7,9,12-15,23-24,26,28,36,40H,5,8,10-11,16-17H2,1-4H3/b21-15-/t23-,24+,26-,28-/m1/s1. The number of hydrogen-bond acceptors (Lipinski definition) is 8. The highest BCUT2D eigenvalue weighted by Crippen LogP contribution is 2.51. The molecule has 220 valence electrons. The average Bonchev–Trinajstić information content (AvgIpc) is 3.22. The molecular weight excluding hydrogens is 535 g/mol. The Morgan fingerprint density at radius 2 is 1.93 bits per heavy atom. The van der Waals surface area contributed by atoms with E-state index in [0.29, 0.717) is 24.2 Å². The summed E-state index contributed by atoms with van der Waals surface area (Å²) in [5, 5.41) is 21.1. The second-order valence-corrected chi connectivity index (χ2v) is 11.5. The van der Waals surface area contributed by atoms with Gasteiger partial charge >= 0.3 is 13.2 Å². The summed E-state index contributed by atoms with van der Waals surface area (Å²) in [5.41, 5.74) is 6.34. The molecule has 2 saturated heterocycles. The summed E-state index contributed by atoms with van der Waals surface area (Å²) < 4.78 is 10.9. The summed E-state index contributed by atoms with van der Waals surface area (Å²) in [5.74, 6) is -2.60. The zero-order valence-corrected chi connectivity index (χ0v) is 24.5. The fraction of sp³-hybridized carbons (Fsp3) is 0.438. The molecule has 3 aliphatic rings. The van der Waals surface area contributed by atoms with Gasteiger partial charge in [0.25, 0.3) is 0 Å². The van der Waals surface area contributed by atoms with Crippen molar-refractivity contribution in [1.29, 1.82) is 0 Å². The Hall–Kier alpha value is -3.76. The number of aryl methyl sites for hydroxylation is 2. The van der Waals surface area contributed by atoms with Gasteiger partial charge in [-0.05, 0) is 110 Å². The second-order valence-electron chi connectivity index (χ2n) is 11.5. The number of aromatic nitrogens is 1. The number of imide groups is 3. The molecule has 3 heterocycles. The Bertz CT molecular complexity index is 1430. The van der Waals surface area contributed by atoms with Crippen LogP contribution in [-0.4, -0.2) is 58.3 Å². The van der Waals surface area contributed by atoms with E-state index in [1.165, 1.54) is 0 Å². The number of likely N-dealkylation sites (tertiary alicyclic amines) is 1. The number of phenols is 1. The molecule has 0 unspecified atom stereocenters. The van der Waals surface area contributed by atoms with Gasteiger partial charge in [-0.25, -0.2) is 4.79 Å². The van der Waals surface area contributed by atoms with Gasteiger partial charge in [-0.15, -0.1) is 0 Å². The largest absolute Gasteiger partial charge is 0.507 e. The molecule has 2 fully saturated rings. The van der Waals surface area contributed by atoms with Crippen molar-refractivity contribution in [3.63, 3.8) is 0 Å². The summed E-state index contributed by atoms with van der Waals surface area (Å²) >= 11 is 0. The van der Waals surface area contributed by atoms with Gasteiger partial charge in [0.1, 0.15) is 5.75 Å². The molecule has 0 radical (unpaired) electrons. The minimum atomic E-state index is -1.11. The van der Waals surface area contributed by atoms with Crippen molar-refractivity contribution in [2.45, 2.75) is 65.3 Å². The van der Waals surface area contributed by atoms with E-state index in [-0.39, 0.29) is 12.1 Å². The minimum absolute atomic E-state index is 0.184. The van der Waals surface area contributed by atoms with Gasteiger partial charge in [0.15, 0.2) is 0 Å². The number of rotatable bonds is 7. The highest BCUT2D eigenvalue weighted by molar-refractivity contribution is 6.43. The quantitative estimate of drug-likeness (QED) is 0.267. The summed E-state index contributed by atoms with van der Waals surface area (Å²) in [4.78, 5) is 44.2. The Morgan fingerprint density at radius 3 is 2.57 bits per heavy atom. The van der Waals surface area contributed by atoms with Crippen LogP contribution in [0.3, 0.4) is 0 Å². The van der Waals surface area contributed by atoms with Crippen LogP contribution in [0.1, 0.15) is 61.4 Å². The van der Waals surface area contributed by atoms with E-state index >= 15 is 0 Å². The number of methoxy groups -OCH3 is 1. The van der Waals surface area contributed by atoms with Crippen LogP contribution in [-0.2, 0) is 19.0 Å². The van der Waals surface area contributed by atoms with E-state index in [9.17, 15) is 24.5 Å². The lowest BCUT2D eigenvalue weighted by Crippen LogP contribution is -2.46. The number of nitrogens with zero attached hydrogens (tertiary/aromatic N) is 2. The van der Waals surface area contributed by atoms with Crippen LogP contribution in [0.15, 0.2) is 47.7 Å². The predicted molar refractivity (Wildman–Crippen MR) is 158 cm³/mol. The first-order valence-electron chi connectivity index (χ1n) is 14.6. The molecule has 2 N–H and O–H groups in total. The lowest BCUT2D eigenvalue weighted by molar-refractivity contribution is -0.137. The topological polar surface area (TPSA) is 126 Å². The second kappa shape index (κ2) is 12.2. The van der Waals surface area contributed by atoms with Crippen LogP contribution in [0, 0.1) is 31.6 Å². The smallest absolute Gasteiger partial charge is 0.455 e. The highest BCUT2D eigenvalue weighted by atomic mass is 16.5. The van der Waals surface area contributed by atoms with Gasteiger partial charge in [-0.2, -0.15) is 4.90 Å². The maximum absolute atomic E-state index is 13.4. The van der Waals surface area contributed by atoms with Crippen LogP contribution in [0.4, 0.5) is 4.79 Å². The van der Waals surface area contributed by atoms with Crippen molar-refractivity contribution in [3.8, 4) is 5.75 Å². The number of carbonyl (C=O) groups is 3. The number of ether oxygens (including phenoxy) is 1. The molecule has 1 aromatic carbocycles. The van der Waals surface area contributed by atoms with E-state index < -0.39 is 48.9 Å². The maximum atomic E-state index is 13.4. The normalized spacial score (nSPS) is 24.2. The van der Waals surface area contributed by atoms with E-state index in [0.717, 1.165) is 59.1 Å². The number of benzene rings is 1. The van der Waals surface area contributed by atoms with Crippen LogP contribution >= 0.6 is 0 Å². The van der Waals surface area contributed by atoms with Crippen molar-refractivity contribution in [1.82, 2.24) is 9.88 Å². The molecule has 4 atom stereocenters.